The van der Waals surface area contributed by atoms with Crippen LogP contribution in [-0.4, -0.2) is 58.3 Å². The van der Waals surface area contributed by atoms with E-state index >= 15 is 0 Å². The summed E-state index contributed by atoms with van der Waals surface area (Å²) >= 11 is 0. The molecule has 1 fully saturated rings. The van der Waals surface area contributed by atoms with Gasteiger partial charge in [-0.2, -0.15) is 0 Å². The molecule has 46 heavy (non-hydrogen) atoms. The summed E-state index contributed by atoms with van der Waals surface area (Å²) in [6.45, 7) is 9.58. The van der Waals surface area contributed by atoms with E-state index in [-0.39, 0.29) is 36.1 Å². The van der Waals surface area contributed by atoms with Crippen LogP contribution in [0.2, 0.25) is 0 Å². The van der Waals surface area contributed by atoms with Gasteiger partial charge in [0.25, 0.3) is 5.91 Å². The van der Waals surface area contributed by atoms with Crippen molar-refractivity contribution in [1.29, 1.82) is 0 Å². The number of amides is 4. The third-order valence-electron chi connectivity index (χ3n) is 8.72. The fourth-order valence-electron chi connectivity index (χ4n) is 5.76. The van der Waals surface area contributed by atoms with Crippen LogP contribution in [0.4, 0.5) is 0 Å². The summed E-state index contributed by atoms with van der Waals surface area (Å²) in [5, 5.41) is 11.3. The lowest BCUT2D eigenvalue weighted by atomic mass is 9.89. The van der Waals surface area contributed by atoms with Gasteiger partial charge >= 0.3 is 0 Å². The van der Waals surface area contributed by atoms with E-state index in [2.05, 4.69) is 21.4 Å². The van der Waals surface area contributed by atoms with Gasteiger partial charge in [-0.05, 0) is 62.8 Å². The van der Waals surface area contributed by atoms with Gasteiger partial charge in [-0.1, -0.05) is 74.5 Å². The van der Waals surface area contributed by atoms with E-state index in [1.165, 1.54) is 5.01 Å². The van der Waals surface area contributed by atoms with Crippen molar-refractivity contribution in [3.05, 3.63) is 83.6 Å². The SMILES string of the molecule is CC(C)[C@@H]1NC(=O)C(C)(C)C=Cc2ccc3ccc(nc3c2)[C@@H](C)NC(=O)[C@@H]2CCCN(N2)C(=O)[C@H](Cc2ccccc2)NC1=O. The lowest BCUT2D eigenvalue weighted by molar-refractivity contribution is -0.144. The number of pyridine rings is 1. The van der Waals surface area contributed by atoms with E-state index in [1.807, 2.05) is 93.6 Å². The van der Waals surface area contributed by atoms with E-state index < -0.39 is 29.4 Å². The highest BCUT2D eigenvalue weighted by Crippen LogP contribution is 2.24. The van der Waals surface area contributed by atoms with Crippen LogP contribution in [0.25, 0.3) is 17.0 Å². The van der Waals surface area contributed by atoms with Crippen LogP contribution in [0, 0.1) is 11.3 Å². The minimum atomic E-state index is -0.943. The van der Waals surface area contributed by atoms with Crippen LogP contribution in [-0.2, 0) is 25.6 Å². The van der Waals surface area contributed by atoms with Crippen LogP contribution in [0.15, 0.2) is 66.7 Å². The maximum absolute atomic E-state index is 14.0. The highest BCUT2D eigenvalue weighted by Gasteiger charge is 2.36. The Balaban J connectivity index is 1.52. The summed E-state index contributed by atoms with van der Waals surface area (Å²) in [5.41, 5.74) is 5.39. The van der Waals surface area contributed by atoms with Crippen molar-refractivity contribution in [3.8, 4) is 0 Å². The molecule has 4 N–H and O–H groups in total. The van der Waals surface area contributed by atoms with Crippen molar-refractivity contribution >= 4 is 40.6 Å². The second kappa shape index (κ2) is 13.8. The number of carbonyl (C=O) groups excluding carboxylic acids is 4. The number of carbonyl (C=O) groups is 4. The molecule has 5 rings (SSSR count). The van der Waals surface area contributed by atoms with Crippen LogP contribution in [0.5, 0.6) is 0 Å². The Morgan fingerprint density at radius 3 is 2.41 bits per heavy atom. The fraction of sp³-hybridized carbons (Fsp3) is 0.417. The minimum Gasteiger partial charge on any atom is -0.347 e. The molecular weight excluding hydrogens is 580 g/mol. The number of nitrogens with zero attached hydrogens (tertiary/aromatic N) is 2. The van der Waals surface area contributed by atoms with Gasteiger partial charge in [-0.25, -0.2) is 5.43 Å². The molecule has 0 saturated carbocycles. The van der Waals surface area contributed by atoms with Gasteiger partial charge < -0.3 is 16.0 Å². The highest BCUT2D eigenvalue weighted by atomic mass is 16.2. The summed E-state index contributed by atoms with van der Waals surface area (Å²) in [7, 11) is 0. The van der Waals surface area contributed by atoms with Crippen LogP contribution in [0.1, 0.15) is 70.3 Å². The van der Waals surface area contributed by atoms with Crippen molar-refractivity contribution in [2.45, 2.75) is 78.0 Å². The van der Waals surface area contributed by atoms with Gasteiger partial charge in [-0.3, -0.25) is 29.2 Å². The highest BCUT2D eigenvalue weighted by molar-refractivity contribution is 5.94. The first kappa shape index (κ1) is 32.8. The number of rotatable bonds is 3. The number of fused-ring (bicyclic) bond motifs is 4. The van der Waals surface area contributed by atoms with Crippen molar-refractivity contribution in [2.75, 3.05) is 6.54 Å². The van der Waals surface area contributed by atoms with Crippen LogP contribution < -0.4 is 21.4 Å². The molecule has 3 heterocycles. The van der Waals surface area contributed by atoms with E-state index in [1.54, 1.807) is 13.8 Å². The van der Waals surface area contributed by atoms with Crippen molar-refractivity contribution in [3.63, 3.8) is 0 Å². The zero-order valence-corrected chi connectivity index (χ0v) is 27.2. The number of hydrazine groups is 1. The summed E-state index contributed by atoms with van der Waals surface area (Å²) in [4.78, 5) is 59.7. The fourth-order valence-corrected chi connectivity index (χ4v) is 5.76. The lowest BCUT2D eigenvalue weighted by Gasteiger charge is -2.36. The molecule has 0 unspecified atom stereocenters. The van der Waals surface area contributed by atoms with Gasteiger partial charge in [0.1, 0.15) is 18.1 Å². The summed E-state index contributed by atoms with van der Waals surface area (Å²) in [5.74, 6) is -1.59. The predicted molar refractivity (Wildman–Crippen MR) is 178 cm³/mol. The normalized spacial score (nSPS) is 24.4. The zero-order valence-electron chi connectivity index (χ0n) is 27.2. The summed E-state index contributed by atoms with van der Waals surface area (Å²) < 4.78 is 0. The Morgan fingerprint density at radius 2 is 1.67 bits per heavy atom. The molecule has 5 bridgehead atoms. The second-order valence-corrected chi connectivity index (χ2v) is 13.2. The number of benzene rings is 2. The Labute approximate surface area is 270 Å². The second-order valence-electron chi connectivity index (χ2n) is 13.2. The number of nitrogens with one attached hydrogen (secondary N) is 4. The van der Waals surface area contributed by atoms with Crippen molar-refractivity contribution < 1.29 is 19.2 Å². The van der Waals surface area contributed by atoms with Crippen molar-refractivity contribution in [2.24, 2.45) is 11.3 Å². The minimum absolute atomic E-state index is 0.233. The maximum Gasteiger partial charge on any atom is 0.259 e. The first-order valence-corrected chi connectivity index (χ1v) is 16.0. The number of aromatic nitrogens is 1. The monoisotopic (exact) mass is 624 g/mol. The molecule has 1 aromatic heterocycles. The molecule has 242 valence electrons. The molecule has 2 aromatic carbocycles. The molecule has 1 saturated heterocycles. The predicted octanol–water partition coefficient (Wildman–Crippen LogP) is 3.83. The van der Waals surface area contributed by atoms with Gasteiger partial charge in [0, 0.05) is 18.4 Å². The molecule has 4 amide bonds. The molecule has 4 atom stereocenters. The van der Waals surface area contributed by atoms with E-state index in [0.29, 0.717) is 25.1 Å². The van der Waals surface area contributed by atoms with Crippen LogP contribution >= 0.6 is 0 Å². The smallest absolute Gasteiger partial charge is 0.259 e. The Bertz CT molecular complexity index is 1640. The molecule has 0 spiro atoms. The van der Waals surface area contributed by atoms with Crippen LogP contribution in [0.3, 0.4) is 0 Å². The number of hydrogen-bond acceptors (Lipinski definition) is 6. The summed E-state index contributed by atoms with van der Waals surface area (Å²) in [6, 6.07) is 16.4. The third kappa shape index (κ3) is 7.62. The van der Waals surface area contributed by atoms with E-state index in [9.17, 15) is 19.2 Å². The van der Waals surface area contributed by atoms with E-state index in [4.69, 9.17) is 4.98 Å². The van der Waals surface area contributed by atoms with E-state index in [0.717, 1.165) is 22.0 Å². The van der Waals surface area contributed by atoms with Gasteiger partial charge in [0.2, 0.25) is 17.7 Å². The molecule has 0 radical (unpaired) electrons. The lowest BCUT2D eigenvalue weighted by Crippen LogP contribution is -2.63. The largest absolute Gasteiger partial charge is 0.347 e. The maximum atomic E-state index is 14.0. The molecular formula is C36H44N6O4. The number of hydrogen-bond donors (Lipinski definition) is 4. The molecule has 2 aliphatic heterocycles. The first-order valence-electron chi connectivity index (χ1n) is 16.0. The molecule has 10 nitrogen and oxygen atoms in total. The third-order valence-corrected chi connectivity index (χ3v) is 8.72. The topological polar surface area (TPSA) is 133 Å². The van der Waals surface area contributed by atoms with Gasteiger partial charge in [-0.15, -0.1) is 0 Å². The van der Waals surface area contributed by atoms with Gasteiger partial charge in [0.15, 0.2) is 0 Å². The molecule has 3 aromatic rings. The zero-order chi connectivity index (χ0) is 33.0. The van der Waals surface area contributed by atoms with Crippen molar-refractivity contribution in [1.82, 2.24) is 31.4 Å². The molecule has 2 aliphatic rings. The average Bonchev–Trinajstić information content (AvgIpc) is 3.05. The Hall–Kier alpha value is -4.57. The standard InChI is InChI=1S/C36H44N6O4/c1-22(2)31-33(44)39-30(21-24-10-7-6-8-11-24)34(45)42-19-9-12-28(41-42)32(43)37-23(3)27-16-15-26-14-13-25(20-29(26)38-27)17-18-36(4,5)35(46)40-31/h6-8,10-11,13-18,20,22-23,28,30-31,41H,9,12,19,21H2,1-5H3,(H,37,43)(H,39,44)(H,40,46)/t23-,28+,30+,31+/m1/s1. The molecule has 10 heteroatoms. The molecule has 0 aliphatic carbocycles. The Morgan fingerprint density at radius 1 is 0.935 bits per heavy atom. The quantitative estimate of drug-likeness (QED) is 0.350. The Kier molecular flexibility index (Phi) is 9.86. The first-order chi connectivity index (χ1) is 21.9. The summed E-state index contributed by atoms with van der Waals surface area (Å²) in [6.07, 6.45) is 5.10. The van der Waals surface area contributed by atoms with Gasteiger partial charge in [0.05, 0.1) is 22.7 Å². The average molecular weight is 625 g/mol.